The van der Waals surface area contributed by atoms with Crippen molar-refractivity contribution in [3.05, 3.63) is 52.8 Å². The zero-order valence-electron chi connectivity index (χ0n) is 15.5. The molecular formula is C20H27N3O2. The standard InChI is InChI=1S/C20H27N3O2/c1-14(2)20(24)22-10-11-25-13-18(22)19-15(3)21-23(16(19)4)12-17-8-6-5-7-9-17/h5-9,14,18H,10-13H2,1-4H3/t18-/m1/s1. The largest absolute Gasteiger partial charge is 0.377 e. The molecule has 2 heterocycles. The first-order valence-electron chi connectivity index (χ1n) is 8.95. The molecule has 0 saturated carbocycles. The molecule has 1 amide bonds. The normalized spacial score (nSPS) is 18.0. The Hall–Kier alpha value is -2.14. The van der Waals surface area contributed by atoms with Gasteiger partial charge in [-0.15, -0.1) is 0 Å². The van der Waals surface area contributed by atoms with Crippen LogP contribution in [0.4, 0.5) is 0 Å². The van der Waals surface area contributed by atoms with Crippen LogP contribution in [0.3, 0.4) is 0 Å². The van der Waals surface area contributed by atoms with E-state index in [1.54, 1.807) is 0 Å². The van der Waals surface area contributed by atoms with Crippen LogP contribution in [-0.2, 0) is 16.1 Å². The maximum atomic E-state index is 12.6. The predicted octanol–water partition coefficient (Wildman–Crippen LogP) is 3.10. The molecule has 0 unspecified atom stereocenters. The zero-order chi connectivity index (χ0) is 18.0. The second-order valence-electron chi connectivity index (χ2n) is 7.00. The van der Waals surface area contributed by atoms with Crippen LogP contribution in [0.1, 0.15) is 42.4 Å². The number of morpholine rings is 1. The van der Waals surface area contributed by atoms with Crippen molar-refractivity contribution in [3.63, 3.8) is 0 Å². The van der Waals surface area contributed by atoms with Crippen LogP contribution in [0, 0.1) is 19.8 Å². The van der Waals surface area contributed by atoms with E-state index in [0.717, 1.165) is 23.5 Å². The summed E-state index contributed by atoms with van der Waals surface area (Å²) in [6.07, 6.45) is 0. The molecule has 1 aliphatic rings. The highest BCUT2D eigenvalue weighted by atomic mass is 16.5. The van der Waals surface area contributed by atoms with Gasteiger partial charge in [0.25, 0.3) is 0 Å². The van der Waals surface area contributed by atoms with Gasteiger partial charge in [-0.05, 0) is 19.4 Å². The number of carbonyl (C=O) groups excluding carboxylic acids is 1. The van der Waals surface area contributed by atoms with Crippen LogP contribution in [0.25, 0.3) is 0 Å². The van der Waals surface area contributed by atoms with Gasteiger partial charge in [0.1, 0.15) is 0 Å². The molecule has 0 spiro atoms. The minimum absolute atomic E-state index is 0.0134. The fraction of sp³-hybridized carbons (Fsp3) is 0.500. The van der Waals surface area contributed by atoms with Crippen molar-refractivity contribution in [2.45, 2.75) is 40.3 Å². The van der Waals surface area contributed by atoms with Gasteiger partial charge < -0.3 is 9.64 Å². The molecule has 0 radical (unpaired) electrons. The monoisotopic (exact) mass is 341 g/mol. The van der Waals surface area contributed by atoms with Crippen LogP contribution in [0.15, 0.2) is 30.3 Å². The molecule has 1 fully saturated rings. The maximum Gasteiger partial charge on any atom is 0.225 e. The Morgan fingerprint density at radius 3 is 2.68 bits per heavy atom. The lowest BCUT2D eigenvalue weighted by atomic mass is 10.0. The van der Waals surface area contributed by atoms with E-state index in [9.17, 15) is 4.79 Å². The molecule has 1 atom stereocenters. The number of ether oxygens (including phenoxy) is 1. The lowest BCUT2D eigenvalue weighted by Crippen LogP contribution is -2.45. The van der Waals surface area contributed by atoms with Gasteiger partial charge in [-0.25, -0.2) is 0 Å². The lowest BCUT2D eigenvalue weighted by Gasteiger charge is -2.37. The lowest BCUT2D eigenvalue weighted by molar-refractivity contribution is -0.143. The number of benzene rings is 1. The van der Waals surface area contributed by atoms with E-state index in [1.807, 2.05) is 48.6 Å². The van der Waals surface area contributed by atoms with Crippen LogP contribution in [-0.4, -0.2) is 40.3 Å². The van der Waals surface area contributed by atoms with Crippen LogP contribution >= 0.6 is 0 Å². The van der Waals surface area contributed by atoms with Gasteiger partial charge in [-0.3, -0.25) is 9.48 Å². The number of nitrogens with zero attached hydrogens (tertiary/aromatic N) is 3. The number of carbonyl (C=O) groups is 1. The van der Waals surface area contributed by atoms with Crippen LogP contribution in [0.2, 0.25) is 0 Å². The van der Waals surface area contributed by atoms with Crippen molar-refractivity contribution in [1.82, 2.24) is 14.7 Å². The Bertz CT molecular complexity index is 737. The summed E-state index contributed by atoms with van der Waals surface area (Å²) in [5.74, 6) is 0.170. The van der Waals surface area contributed by atoms with Gasteiger partial charge in [0.2, 0.25) is 5.91 Å². The molecule has 1 aromatic carbocycles. The van der Waals surface area contributed by atoms with E-state index in [1.165, 1.54) is 5.56 Å². The molecule has 0 bridgehead atoms. The SMILES string of the molecule is Cc1nn(Cc2ccccc2)c(C)c1[C@H]1COCCN1C(=O)C(C)C. The van der Waals surface area contributed by atoms with Gasteiger partial charge in [-0.1, -0.05) is 44.2 Å². The smallest absolute Gasteiger partial charge is 0.225 e. The number of hydrogen-bond acceptors (Lipinski definition) is 3. The van der Waals surface area contributed by atoms with Gasteiger partial charge in [0, 0.05) is 23.7 Å². The summed E-state index contributed by atoms with van der Waals surface area (Å²) in [6, 6.07) is 10.3. The highest BCUT2D eigenvalue weighted by Crippen LogP contribution is 2.30. The molecule has 1 aromatic heterocycles. The second-order valence-corrected chi connectivity index (χ2v) is 7.00. The molecule has 1 saturated heterocycles. The van der Waals surface area contributed by atoms with Gasteiger partial charge >= 0.3 is 0 Å². The summed E-state index contributed by atoms with van der Waals surface area (Å²) < 4.78 is 7.74. The van der Waals surface area contributed by atoms with Crippen LogP contribution < -0.4 is 0 Å². The minimum Gasteiger partial charge on any atom is -0.377 e. The van der Waals surface area contributed by atoms with Gasteiger partial charge in [-0.2, -0.15) is 5.10 Å². The molecule has 0 N–H and O–H groups in total. The van der Waals surface area contributed by atoms with E-state index >= 15 is 0 Å². The highest BCUT2D eigenvalue weighted by molar-refractivity contribution is 5.78. The molecule has 25 heavy (non-hydrogen) atoms. The topological polar surface area (TPSA) is 47.4 Å². The predicted molar refractivity (Wildman–Crippen MR) is 97.4 cm³/mol. The van der Waals surface area contributed by atoms with E-state index in [-0.39, 0.29) is 17.9 Å². The van der Waals surface area contributed by atoms with E-state index in [4.69, 9.17) is 9.84 Å². The molecular weight excluding hydrogens is 314 g/mol. The van der Waals surface area contributed by atoms with Crippen LogP contribution in [0.5, 0.6) is 0 Å². The van der Waals surface area contributed by atoms with Crippen molar-refractivity contribution in [3.8, 4) is 0 Å². The quantitative estimate of drug-likeness (QED) is 0.858. The summed E-state index contributed by atoms with van der Waals surface area (Å²) in [5.41, 5.74) is 4.43. The highest BCUT2D eigenvalue weighted by Gasteiger charge is 2.33. The molecule has 5 heteroatoms. The zero-order valence-corrected chi connectivity index (χ0v) is 15.5. The van der Waals surface area contributed by atoms with E-state index in [0.29, 0.717) is 19.8 Å². The Morgan fingerprint density at radius 2 is 2.00 bits per heavy atom. The number of aromatic nitrogens is 2. The summed E-state index contributed by atoms with van der Waals surface area (Å²) in [5, 5.41) is 4.74. The van der Waals surface area contributed by atoms with Crippen molar-refractivity contribution in [2.24, 2.45) is 5.92 Å². The first-order valence-corrected chi connectivity index (χ1v) is 8.95. The first-order chi connectivity index (χ1) is 12.0. The Kier molecular flexibility index (Phi) is 5.23. The van der Waals surface area contributed by atoms with Crippen molar-refractivity contribution in [1.29, 1.82) is 0 Å². The number of rotatable bonds is 4. The third-order valence-electron chi connectivity index (χ3n) is 4.85. The number of aryl methyl sites for hydroxylation is 1. The fourth-order valence-electron chi connectivity index (χ4n) is 3.54. The summed E-state index contributed by atoms with van der Waals surface area (Å²) in [4.78, 5) is 14.6. The number of amides is 1. The summed E-state index contributed by atoms with van der Waals surface area (Å²) in [6.45, 7) is 10.5. The summed E-state index contributed by atoms with van der Waals surface area (Å²) in [7, 11) is 0. The molecule has 1 aliphatic heterocycles. The summed E-state index contributed by atoms with van der Waals surface area (Å²) >= 11 is 0. The van der Waals surface area contributed by atoms with Crippen molar-refractivity contribution in [2.75, 3.05) is 19.8 Å². The molecule has 3 rings (SSSR count). The molecule has 5 nitrogen and oxygen atoms in total. The third-order valence-corrected chi connectivity index (χ3v) is 4.85. The third kappa shape index (κ3) is 3.61. The number of hydrogen-bond donors (Lipinski definition) is 0. The van der Waals surface area contributed by atoms with Crippen molar-refractivity contribution >= 4 is 5.91 Å². The molecule has 134 valence electrons. The average molecular weight is 341 g/mol. The Labute approximate surface area is 149 Å². The molecule has 0 aliphatic carbocycles. The Balaban J connectivity index is 1.92. The average Bonchev–Trinajstić information content (AvgIpc) is 2.88. The first kappa shape index (κ1) is 17.7. The van der Waals surface area contributed by atoms with Crippen molar-refractivity contribution < 1.29 is 9.53 Å². The minimum atomic E-state index is -0.0480. The second kappa shape index (κ2) is 7.40. The van der Waals surface area contributed by atoms with E-state index < -0.39 is 0 Å². The maximum absolute atomic E-state index is 12.6. The molecule has 2 aromatic rings. The van der Waals surface area contributed by atoms with Gasteiger partial charge in [0.05, 0.1) is 31.5 Å². The van der Waals surface area contributed by atoms with Gasteiger partial charge in [0.15, 0.2) is 0 Å². The Morgan fingerprint density at radius 1 is 1.28 bits per heavy atom. The van der Waals surface area contributed by atoms with E-state index in [2.05, 4.69) is 19.1 Å². The fourth-order valence-corrected chi connectivity index (χ4v) is 3.54.